The molecule has 0 aliphatic rings. The fourth-order valence-corrected chi connectivity index (χ4v) is 4.06. The first-order chi connectivity index (χ1) is 17.4. The summed E-state index contributed by atoms with van der Waals surface area (Å²) in [7, 11) is 1.67. The van der Waals surface area contributed by atoms with Crippen molar-refractivity contribution < 1.29 is 9.90 Å². The molecule has 36 heavy (non-hydrogen) atoms. The Balaban J connectivity index is 1.65. The van der Waals surface area contributed by atoms with Gasteiger partial charge in [-0.05, 0) is 67.3 Å². The minimum Gasteiger partial charge on any atom is -0.508 e. The molecule has 4 aromatic rings. The standard InChI is InChI=1S/C29H30N4O3/c1-4-5-9-20-10-6-7-11-24(20)28(35)32-25-13-8-12-23(19(25)2)26-18-33(3)29(36)27(31-26)30-21-14-16-22(34)17-15-21/h6-8,10-18,34H,4-5,9H2,1-3H3,(H,30,31)(H,32,35). The van der Waals surface area contributed by atoms with Gasteiger partial charge in [0, 0.05) is 35.7 Å². The van der Waals surface area contributed by atoms with Crippen LogP contribution in [-0.2, 0) is 13.5 Å². The van der Waals surface area contributed by atoms with E-state index < -0.39 is 0 Å². The molecule has 0 aliphatic heterocycles. The molecule has 0 saturated carbocycles. The summed E-state index contributed by atoms with van der Waals surface area (Å²) >= 11 is 0. The fraction of sp³-hybridized carbons (Fsp3) is 0.207. The van der Waals surface area contributed by atoms with Crippen LogP contribution in [0.25, 0.3) is 11.3 Å². The Hall–Kier alpha value is -4.39. The zero-order valence-electron chi connectivity index (χ0n) is 20.7. The van der Waals surface area contributed by atoms with Crippen molar-refractivity contribution in [2.75, 3.05) is 10.6 Å². The van der Waals surface area contributed by atoms with E-state index >= 15 is 0 Å². The minimum atomic E-state index is -0.280. The number of nitrogens with one attached hydrogen (secondary N) is 2. The lowest BCUT2D eigenvalue weighted by molar-refractivity contribution is 0.102. The van der Waals surface area contributed by atoms with Gasteiger partial charge in [-0.1, -0.05) is 43.7 Å². The number of unbranched alkanes of at least 4 members (excludes halogenated alkanes) is 1. The first-order valence-electron chi connectivity index (χ1n) is 12.0. The van der Waals surface area contributed by atoms with Crippen LogP contribution in [0.5, 0.6) is 5.75 Å². The maximum absolute atomic E-state index is 13.2. The second-order valence-corrected chi connectivity index (χ2v) is 8.76. The lowest BCUT2D eigenvalue weighted by Gasteiger charge is -2.15. The lowest BCUT2D eigenvalue weighted by atomic mass is 10.0. The first kappa shape index (κ1) is 24.7. The van der Waals surface area contributed by atoms with Crippen molar-refractivity contribution >= 4 is 23.1 Å². The average molecular weight is 483 g/mol. The van der Waals surface area contributed by atoms with E-state index in [0.29, 0.717) is 22.6 Å². The van der Waals surface area contributed by atoms with Crippen LogP contribution in [-0.4, -0.2) is 20.6 Å². The third-order valence-electron chi connectivity index (χ3n) is 6.12. The third kappa shape index (κ3) is 5.46. The normalized spacial score (nSPS) is 10.8. The molecule has 0 fully saturated rings. The van der Waals surface area contributed by atoms with E-state index in [0.717, 1.165) is 36.0 Å². The van der Waals surface area contributed by atoms with Crippen molar-refractivity contribution in [2.45, 2.75) is 33.1 Å². The van der Waals surface area contributed by atoms with Crippen LogP contribution in [0.1, 0.15) is 41.3 Å². The number of hydrogen-bond donors (Lipinski definition) is 3. The van der Waals surface area contributed by atoms with E-state index in [-0.39, 0.29) is 23.0 Å². The summed E-state index contributed by atoms with van der Waals surface area (Å²) in [4.78, 5) is 30.5. The number of aryl methyl sites for hydroxylation is 2. The van der Waals surface area contributed by atoms with E-state index in [1.54, 1.807) is 25.4 Å². The van der Waals surface area contributed by atoms with Gasteiger partial charge in [-0.15, -0.1) is 0 Å². The molecule has 3 aromatic carbocycles. The predicted octanol–water partition coefficient (Wildman–Crippen LogP) is 5.80. The second-order valence-electron chi connectivity index (χ2n) is 8.76. The van der Waals surface area contributed by atoms with Crippen LogP contribution in [0, 0.1) is 6.92 Å². The number of nitrogens with zero attached hydrogens (tertiary/aromatic N) is 2. The van der Waals surface area contributed by atoms with Crippen molar-refractivity contribution in [3.8, 4) is 17.0 Å². The molecular weight excluding hydrogens is 452 g/mol. The Morgan fingerprint density at radius 2 is 1.78 bits per heavy atom. The van der Waals surface area contributed by atoms with Crippen molar-refractivity contribution in [2.24, 2.45) is 7.05 Å². The number of phenolic OH excluding ortho intramolecular Hbond substituents is 1. The van der Waals surface area contributed by atoms with Gasteiger partial charge >= 0.3 is 0 Å². The summed E-state index contributed by atoms with van der Waals surface area (Å²) in [5, 5.41) is 15.6. The number of benzene rings is 3. The number of anilines is 3. The molecule has 0 unspecified atom stereocenters. The number of carbonyl (C=O) groups excluding carboxylic acids is 1. The van der Waals surface area contributed by atoms with Gasteiger partial charge in [-0.3, -0.25) is 9.59 Å². The van der Waals surface area contributed by atoms with Crippen molar-refractivity contribution in [3.63, 3.8) is 0 Å². The molecule has 7 heteroatoms. The summed E-state index contributed by atoms with van der Waals surface area (Å²) in [6.07, 6.45) is 4.63. The Morgan fingerprint density at radius 3 is 2.53 bits per heavy atom. The van der Waals surface area contributed by atoms with Crippen LogP contribution in [0.2, 0.25) is 0 Å². The van der Waals surface area contributed by atoms with Gasteiger partial charge in [0.15, 0.2) is 5.82 Å². The molecule has 3 N–H and O–H groups in total. The predicted molar refractivity (Wildman–Crippen MR) is 144 cm³/mol. The van der Waals surface area contributed by atoms with Crippen LogP contribution < -0.4 is 16.2 Å². The van der Waals surface area contributed by atoms with Crippen LogP contribution in [0.3, 0.4) is 0 Å². The zero-order chi connectivity index (χ0) is 25.7. The molecule has 0 atom stereocenters. The van der Waals surface area contributed by atoms with Gasteiger partial charge in [0.25, 0.3) is 11.5 Å². The van der Waals surface area contributed by atoms with E-state index in [4.69, 9.17) is 0 Å². The smallest absolute Gasteiger partial charge is 0.293 e. The highest BCUT2D eigenvalue weighted by Crippen LogP contribution is 2.28. The van der Waals surface area contributed by atoms with Gasteiger partial charge < -0.3 is 20.3 Å². The van der Waals surface area contributed by atoms with Crippen LogP contribution in [0.4, 0.5) is 17.2 Å². The molecule has 0 bridgehead atoms. The highest BCUT2D eigenvalue weighted by atomic mass is 16.3. The maximum atomic E-state index is 13.2. The second kappa shape index (κ2) is 10.9. The van der Waals surface area contributed by atoms with Crippen molar-refractivity contribution in [3.05, 3.63) is 100.0 Å². The Morgan fingerprint density at radius 1 is 1.03 bits per heavy atom. The third-order valence-corrected chi connectivity index (χ3v) is 6.12. The van der Waals surface area contributed by atoms with E-state index in [1.807, 2.05) is 49.4 Å². The molecule has 0 aliphatic carbocycles. The summed E-state index contributed by atoms with van der Waals surface area (Å²) in [6.45, 7) is 4.06. The summed E-state index contributed by atoms with van der Waals surface area (Å²) in [6, 6.07) is 19.8. The van der Waals surface area contributed by atoms with Crippen LogP contribution in [0.15, 0.2) is 77.7 Å². The number of hydrogen-bond acceptors (Lipinski definition) is 5. The topological polar surface area (TPSA) is 96.2 Å². The molecule has 0 saturated heterocycles. The number of phenols is 1. The number of amides is 1. The van der Waals surface area contributed by atoms with Gasteiger partial charge in [-0.2, -0.15) is 0 Å². The van der Waals surface area contributed by atoms with E-state index in [2.05, 4.69) is 22.5 Å². The Kier molecular flexibility index (Phi) is 7.49. The van der Waals surface area contributed by atoms with Crippen LogP contribution >= 0.6 is 0 Å². The molecule has 1 aromatic heterocycles. The molecule has 7 nitrogen and oxygen atoms in total. The number of rotatable bonds is 8. The number of carbonyl (C=O) groups is 1. The summed E-state index contributed by atoms with van der Waals surface area (Å²) in [5.74, 6) is 0.155. The van der Waals surface area contributed by atoms with Crippen molar-refractivity contribution in [1.29, 1.82) is 0 Å². The average Bonchev–Trinajstić information content (AvgIpc) is 2.88. The lowest BCUT2D eigenvalue weighted by Crippen LogP contribution is -2.21. The Labute approximate surface area is 210 Å². The van der Waals surface area contributed by atoms with Gasteiger partial charge in [-0.25, -0.2) is 4.98 Å². The molecule has 1 heterocycles. The molecule has 0 spiro atoms. The highest BCUT2D eigenvalue weighted by Gasteiger charge is 2.16. The van der Waals surface area contributed by atoms with Gasteiger partial charge in [0.05, 0.1) is 5.69 Å². The van der Waals surface area contributed by atoms with E-state index in [1.165, 1.54) is 16.7 Å². The largest absolute Gasteiger partial charge is 0.508 e. The monoisotopic (exact) mass is 482 g/mol. The molecule has 184 valence electrons. The maximum Gasteiger partial charge on any atom is 0.293 e. The highest BCUT2D eigenvalue weighted by molar-refractivity contribution is 6.06. The van der Waals surface area contributed by atoms with E-state index in [9.17, 15) is 14.7 Å². The Bertz CT molecular complexity index is 1440. The number of aromatic hydroxyl groups is 1. The SMILES string of the molecule is CCCCc1ccccc1C(=O)Nc1cccc(-c2cn(C)c(=O)c(Nc3ccc(O)cc3)n2)c1C. The fourth-order valence-electron chi connectivity index (χ4n) is 4.06. The molecule has 1 amide bonds. The van der Waals surface area contributed by atoms with Gasteiger partial charge in [0.1, 0.15) is 5.75 Å². The van der Waals surface area contributed by atoms with Crippen molar-refractivity contribution in [1.82, 2.24) is 9.55 Å². The molecular formula is C29H30N4O3. The minimum absolute atomic E-state index is 0.137. The summed E-state index contributed by atoms with van der Waals surface area (Å²) in [5.41, 5.74) is 5.00. The zero-order valence-corrected chi connectivity index (χ0v) is 20.7. The first-order valence-corrected chi connectivity index (χ1v) is 12.0. The quantitative estimate of drug-likeness (QED) is 0.276. The molecule has 0 radical (unpaired) electrons. The summed E-state index contributed by atoms with van der Waals surface area (Å²) < 4.78 is 1.47. The molecule has 4 rings (SSSR count). The van der Waals surface area contributed by atoms with Gasteiger partial charge in [0.2, 0.25) is 0 Å². The number of aromatic nitrogens is 2.